The highest BCUT2D eigenvalue weighted by Crippen LogP contribution is 2.24. The molecule has 1 amide bonds. The summed E-state index contributed by atoms with van der Waals surface area (Å²) in [6.07, 6.45) is 4.86. The van der Waals surface area contributed by atoms with Crippen molar-refractivity contribution in [3.63, 3.8) is 0 Å². The number of rotatable bonds is 5. The molecule has 0 fully saturated rings. The zero-order valence-electron chi connectivity index (χ0n) is 10.6. The van der Waals surface area contributed by atoms with E-state index in [9.17, 15) is 4.79 Å². The molecule has 3 N–H and O–H groups in total. The molecule has 0 saturated carbocycles. The van der Waals surface area contributed by atoms with Crippen LogP contribution in [-0.4, -0.2) is 15.7 Å². The summed E-state index contributed by atoms with van der Waals surface area (Å²) in [5, 5.41) is 7.38. The van der Waals surface area contributed by atoms with E-state index >= 15 is 0 Å². The zero-order valence-corrected chi connectivity index (χ0v) is 13.6. The molecule has 2 aromatic rings. The van der Waals surface area contributed by atoms with Crippen molar-refractivity contribution in [2.45, 2.75) is 19.4 Å². The summed E-state index contributed by atoms with van der Waals surface area (Å²) in [5.41, 5.74) is 6.75. The number of aryl methyl sites for hydroxylation is 1. The Hall–Kier alpha value is -1.28. The van der Waals surface area contributed by atoms with Gasteiger partial charge in [-0.05, 0) is 47.2 Å². The van der Waals surface area contributed by atoms with Crippen LogP contribution >= 0.6 is 34.2 Å². The van der Waals surface area contributed by atoms with Crippen LogP contribution in [0.1, 0.15) is 12.8 Å². The second-order valence-corrected chi connectivity index (χ2v) is 5.97. The molecule has 0 spiro atoms. The summed E-state index contributed by atoms with van der Waals surface area (Å²) in [5.74, 6) is -0.0708. The SMILES string of the molecule is Nc1ccc(NC(=O)CCCn2cc(I)cn2)c(Cl)c1. The molecule has 5 nitrogen and oxygen atoms in total. The van der Waals surface area contributed by atoms with Crippen LogP contribution < -0.4 is 11.1 Å². The second-order valence-electron chi connectivity index (χ2n) is 4.31. The molecule has 0 atom stereocenters. The molecule has 7 heteroatoms. The van der Waals surface area contributed by atoms with Crippen LogP contribution in [0.5, 0.6) is 0 Å². The molecule has 2 rings (SSSR count). The first-order valence-electron chi connectivity index (χ1n) is 6.07. The van der Waals surface area contributed by atoms with E-state index in [2.05, 4.69) is 33.0 Å². The van der Waals surface area contributed by atoms with Gasteiger partial charge in [-0.2, -0.15) is 5.10 Å². The Balaban J connectivity index is 1.80. The molecule has 1 aromatic carbocycles. The van der Waals surface area contributed by atoms with E-state index in [1.807, 2.05) is 10.9 Å². The highest BCUT2D eigenvalue weighted by Gasteiger charge is 2.06. The lowest BCUT2D eigenvalue weighted by atomic mass is 10.2. The Kier molecular flexibility index (Phi) is 5.24. The molecule has 0 bridgehead atoms. The minimum Gasteiger partial charge on any atom is -0.399 e. The van der Waals surface area contributed by atoms with Crippen LogP contribution in [0.25, 0.3) is 0 Å². The number of amides is 1. The Morgan fingerprint density at radius 3 is 2.95 bits per heavy atom. The number of halogens is 2. The third kappa shape index (κ3) is 4.38. The number of benzene rings is 1. The standard InChI is InChI=1S/C13H14ClIN4O/c14-11-6-10(16)3-4-12(11)18-13(20)2-1-5-19-8-9(15)7-17-19/h3-4,6-8H,1-2,5,16H2,(H,18,20). The van der Waals surface area contributed by atoms with Crippen LogP contribution in [0.15, 0.2) is 30.6 Å². The number of hydrogen-bond acceptors (Lipinski definition) is 3. The van der Waals surface area contributed by atoms with E-state index in [1.54, 1.807) is 24.4 Å². The van der Waals surface area contributed by atoms with Crippen LogP contribution in [0.3, 0.4) is 0 Å². The monoisotopic (exact) mass is 404 g/mol. The van der Waals surface area contributed by atoms with Crippen molar-refractivity contribution < 1.29 is 4.79 Å². The molecule has 20 heavy (non-hydrogen) atoms. The molecular formula is C13H14ClIN4O. The van der Waals surface area contributed by atoms with Crippen LogP contribution in [0.2, 0.25) is 5.02 Å². The number of nitrogens with one attached hydrogen (secondary N) is 1. The van der Waals surface area contributed by atoms with E-state index < -0.39 is 0 Å². The minimum atomic E-state index is -0.0708. The average Bonchev–Trinajstić information content (AvgIpc) is 2.79. The van der Waals surface area contributed by atoms with E-state index in [0.717, 1.165) is 9.99 Å². The highest BCUT2D eigenvalue weighted by molar-refractivity contribution is 14.1. The molecular weight excluding hydrogens is 391 g/mol. The van der Waals surface area contributed by atoms with Gasteiger partial charge in [0.05, 0.1) is 20.5 Å². The molecule has 0 saturated heterocycles. The van der Waals surface area contributed by atoms with Gasteiger partial charge < -0.3 is 11.1 Å². The van der Waals surface area contributed by atoms with Crippen molar-refractivity contribution in [1.82, 2.24) is 9.78 Å². The maximum Gasteiger partial charge on any atom is 0.224 e. The van der Waals surface area contributed by atoms with Gasteiger partial charge in [-0.15, -0.1) is 0 Å². The number of nitrogens with two attached hydrogens (primary N) is 1. The Morgan fingerprint density at radius 1 is 1.50 bits per heavy atom. The smallest absolute Gasteiger partial charge is 0.224 e. The largest absolute Gasteiger partial charge is 0.399 e. The first kappa shape index (κ1) is 15.1. The third-order valence-electron chi connectivity index (χ3n) is 2.66. The summed E-state index contributed by atoms with van der Waals surface area (Å²) >= 11 is 8.20. The number of carbonyl (C=O) groups excluding carboxylic acids is 1. The van der Waals surface area contributed by atoms with Crippen LogP contribution in [-0.2, 0) is 11.3 Å². The molecule has 0 aliphatic carbocycles. The van der Waals surface area contributed by atoms with Gasteiger partial charge in [0, 0.05) is 24.8 Å². The van der Waals surface area contributed by atoms with Crippen molar-refractivity contribution in [2.75, 3.05) is 11.1 Å². The zero-order chi connectivity index (χ0) is 14.5. The maximum atomic E-state index is 11.8. The van der Waals surface area contributed by atoms with Crippen LogP contribution in [0, 0.1) is 3.57 Å². The van der Waals surface area contributed by atoms with Gasteiger partial charge >= 0.3 is 0 Å². The first-order valence-corrected chi connectivity index (χ1v) is 7.53. The predicted molar refractivity (Wildman–Crippen MR) is 88.7 cm³/mol. The number of aromatic nitrogens is 2. The van der Waals surface area contributed by atoms with Crippen molar-refractivity contribution in [2.24, 2.45) is 0 Å². The summed E-state index contributed by atoms with van der Waals surface area (Å²) in [6.45, 7) is 0.714. The van der Waals surface area contributed by atoms with E-state index in [1.165, 1.54) is 0 Å². The summed E-state index contributed by atoms with van der Waals surface area (Å²) in [4.78, 5) is 11.8. The number of hydrogen-bond donors (Lipinski definition) is 2. The van der Waals surface area contributed by atoms with Crippen molar-refractivity contribution >= 4 is 51.5 Å². The molecule has 0 aliphatic rings. The minimum absolute atomic E-state index is 0.0708. The van der Waals surface area contributed by atoms with Crippen LogP contribution in [0.4, 0.5) is 11.4 Å². The Morgan fingerprint density at radius 2 is 2.30 bits per heavy atom. The van der Waals surface area contributed by atoms with Crippen molar-refractivity contribution in [1.29, 1.82) is 0 Å². The van der Waals surface area contributed by atoms with E-state index in [-0.39, 0.29) is 5.91 Å². The summed E-state index contributed by atoms with van der Waals surface area (Å²) < 4.78 is 2.91. The molecule has 0 radical (unpaired) electrons. The summed E-state index contributed by atoms with van der Waals surface area (Å²) in [6, 6.07) is 5.02. The number of nitrogens with zero attached hydrogens (tertiary/aromatic N) is 2. The summed E-state index contributed by atoms with van der Waals surface area (Å²) in [7, 11) is 0. The van der Waals surface area contributed by atoms with Gasteiger partial charge in [0.1, 0.15) is 0 Å². The average molecular weight is 405 g/mol. The van der Waals surface area contributed by atoms with E-state index in [4.69, 9.17) is 17.3 Å². The fourth-order valence-electron chi connectivity index (χ4n) is 1.71. The quantitative estimate of drug-likeness (QED) is 0.594. The van der Waals surface area contributed by atoms with Gasteiger partial charge in [0.25, 0.3) is 0 Å². The molecule has 0 aliphatic heterocycles. The molecule has 1 aromatic heterocycles. The normalized spacial score (nSPS) is 10.5. The number of nitrogen functional groups attached to an aromatic ring is 1. The van der Waals surface area contributed by atoms with Gasteiger partial charge in [-0.3, -0.25) is 9.48 Å². The van der Waals surface area contributed by atoms with Gasteiger partial charge in [0.2, 0.25) is 5.91 Å². The molecule has 1 heterocycles. The number of carbonyl (C=O) groups is 1. The fourth-order valence-corrected chi connectivity index (χ4v) is 2.39. The second kappa shape index (κ2) is 6.94. The first-order chi connectivity index (χ1) is 9.54. The Bertz CT molecular complexity index is 614. The van der Waals surface area contributed by atoms with Crippen molar-refractivity contribution in [3.05, 3.63) is 39.2 Å². The number of anilines is 2. The maximum absolute atomic E-state index is 11.8. The van der Waals surface area contributed by atoms with E-state index in [0.29, 0.717) is 29.4 Å². The third-order valence-corrected chi connectivity index (χ3v) is 3.53. The lowest BCUT2D eigenvalue weighted by Gasteiger charge is -2.08. The van der Waals surface area contributed by atoms with Gasteiger partial charge in [-0.1, -0.05) is 11.6 Å². The van der Waals surface area contributed by atoms with Crippen molar-refractivity contribution in [3.8, 4) is 0 Å². The Labute approximate surface area is 135 Å². The predicted octanol–water partition coefficient (Wildman–Crippen LogP) is 3.14. The molecule has 106 valence electrons. The topological polar surface area (TPSA) is 72.9 Å². The van der Waals surface area contributed by atoms with Gasteiger partial charge in [-0.25, -0.2) is 0 Å². The lowest BCUT2D eigenvalue weighted by Crippen LogP contribution is -2.13. The lowest BCUT2D eigenvalue weighted by molar-refractivity contribution is -0.116. The fraction of sp³-hybridized carbons (Fsp3) is 0.231. The highest BCUT2D eigenvalue weighted by atomic mass is 127. The molecule has 0 unspecified atom stereocenters. The van der Waals surface area contributed by atoms with Gasteiger partial charge in [0.15, 0.2) is 0 Å².